The lowest BCUT2D eigenvalue weighted by atomic mass is 9.55. The molecule has 1 amide bonds. The summed E-state index contributed by atoms with van der Waals surface area (Å²) in [5.41, 5.74) is 1.65. The molecule has 4 aliphatic rings. The minimum Gasteiger partial charge on any atom is -0.508 e. The van der Waals surface area contributed by atoms with Gasteiger partial charge in [-0.3, -0.25) is 19.2 Å². The Kier molecular flexibility index (Phi) is 5.99. The number of carbonyl (C=O) groups excluding carboxylic acids is 4. The highest BCUT2D eigenvalue weighted by molar-refractivity contribution is 6.23. The molecule has 1 aromatic carbocycles. The van der Waals surface area contributed by atoms with Crippen LogP contribution in [-0.2, 0) is 29.3 Å². The van der Waals surface area contributed by atoms with Crippen molar-refractivity contribution in [2.24, 2.45) is 23.5 Å². The van der Waals surface area contributed by atoms with E-state index in [1.807, 2.05) is 20.8 Å². The quantitative estimate of drug-likeness (QED) is 0.284. The molecule has 208 valence electrons. The number of carbonyl (C=O) groups is 4. The largest absolute Gasteiger partial charge is 0.508 e. The number of phenols is 1. The molecular weight excluding hydrogens is 506 g/mol. The molecule has 0 radical (unpaired) electrons. The number of primary amides is 1. The van der Waals surface area contributed by atoms with Gasteiger partial charge in [0.2, 0.25) is 5.78 Å². The van der Waals surface area contributed by atoms with E-state index in [2.05, 4.69) is 0 Å². The molecule has 0 aliphatic heterocycles. The third-order valence-corrected chi connectivity index (χ3v) is 8.97. The molecular formula is C29H33NO9. The summed E-state index contributed by atoms with van der Waals surface area (Å²) in [6, 6.07) is 3.47. The number of Topliss-reactive ketones (excluding diaryl/α,β-unsaturated/α-hetero) is 2. The van der Waals surface area contributed by atoms with Crippen LogP contribution in [0, 0.1) is 17.8 Å². The maximum Gasteiger partial charge on any atom is 0.309 e. The second-order valence-electron chi connectivity index (χ2n) is 12.2. The zero-order valence-electron chi connectivity index (χ0n) is 22.3. The third kappa shape index (κ3) is 3.64. The molecule has 0 spiro atoms. The number of fused-ring (bicyclic) bond motifs is 3. The Balaban J connectivity index is 1.77. The molecule has 5 rings (SSSR count). The Morgan fingerprint density at radius 2 is 1.74 bits per heavy atom. The van der Waals surface area contributed by atoms with Crippen molar-refractivity contribution in [2.45, 2.75) is 76.4 Å². The number of hydrogen-bond donors (Lipinski definition) is 5. The second kappa shape index (κ2) is 8.67. The molecule has 4 aliphatic carbocycles. The fraction of sp³-hybridized carbons (Fsp3) is 0.517. The normalized spacial score (nSPS) is 30.8. The first-order valence-electron chi connectivity index (χ1n) is 13.2. The van der Waals surface area contributed by atoms with Crippen LogP contribution in [0.5, 0.6) is 5.75 Å². The molecule has 1 aromatic rings. The summed E-state index contributed by atoms with van der Waals surface area (Å²) in [4.78, 5) is 52.0. The van der Waals surface area contributed by atoms with Gasteiger partial charge in [0.1, 0.15) is 28.9 Å². The summed E-state index contributed by atoms with van der Waals surface area (Å²) in [6.45, 7) is 7.35. The molecule has 2 saturated carbocycles. The molecule has 39 heavy (non-hydrogen) atoms. The Bertz CT molecular complexity index is 1390. The standard InChI is InChI=1S/C29H33NO9/c1-11-13-8-9-14(28(2,3)4)21(32)18(13)22(33)20-17(11)23(39-27(37)12-6-5-7-12)15-10-16(31)19(26(30)36)24(34)29(15,38)25(20)35/h8-9,11-12,15,17,23,32-34,38H,5-7,10H2,1-4H3,(H2,30,36)/t11-,15+,17+,23+,29+/m0/s1. The number of hydrogen-bond acceptors (Lipinski definition) is 9. The van der Waals surface area contributed by atoms with Gasteiger partial charge < -0.3 is 30.9 Å². The van der Waals surface area contributed by atoms with E-state index in [1.54, 1.807) is 19.1 Å². The van der Waals surface area contributed by atoms with Crippen molar-refractivity contribution < 1.29 is 44.3 Å². The molecule has 0 heterocycles. The molecule has 0 bridgehead atoms. The van der Waals surface area contributed by atoms with E-state index in [-0.39, 0.29) is 22.8 Å². The number of aromatic hydroxyl groups is 1. The van der Waals surface area contributed by atoms with Gasteiger partial charge in [0.15, 0.2) is 11.4 Å². The predicted molar refractivity (Wildman–Crippen MR) is 137 cm³/mol. The summed E-state index contributed by atoms with van der Waals surface area (Å²) < 4.78 is 5.92. The fourth-order valence-corrected chi connectivity index (χ4v) is 6.60. The summed E-state index contributed by atoms with van der Waals surface area (Å²) in [5, 5.41) is 45.6. The lowest BCUT2D eigenvalue weighted by Gasteiger charge is -2.51. The van der Waals surface area contributed by atoms with Crippen LogP contribution in [0.4, 0.5) is 0 Å². The molecule has 5 atom stereocenters. The molecule has 6 N–H and O–H groups in total. The Labute approximate surface area is 225 Å². The average Bonchev–Trinajstić information content (AvgIpc) is 2.79. The fourth-order valence-electron chi connectivity index (χ4n) is 6.60. The number of phenolic OH excluding ortho intramolecular Hbond substituents is 1. The van der Waals surface area contributed by atoms with Crippen molar-refractivity contribution in [3.05, 3.63) is 45.7 Å². The number of aliphatic hydroxyl groups excluding tert-OH is 2. The van der Waals surface area contributed by atoms with Crippen LogP contribution in [-0.4, -0.2) is 55.6 Å². The zero-order valence-corrected chi connectivity index (χ0v) is 22.3. The highest BCUT2D eigenvalue weighted by atomic mass is 16.5. The summed E-state index contributed by atoms with van der Waals surface area (Å²) in [5.74, 6) is -9.45. The van der Waals surface area contributed by atoms with E-state index in [0.717, 1.165) is 6.42 Å². The molecule has 10 nitrogen and oxygen atoms in total. The first-order chi connectivity index (χ1) is 18.1. The minimum atomic E-state index is -2.86. The van der Waals surface area contributed by atoms with Crippen LogP contribution in [0.2, 0.25) is 0 Å². The topological polar surface area (TPSA) is 184 Å². The Morgan fingerprint density at radius 1 is 1.10 bits per heavy atom. The first-order valence-corrected chi connectivity index (χ1v) is 13.2. The highest BCUT2D eigenvalue weighted by Gasteiger charge is 2.66. The summed E-state index contributed by atoms with van der Waals surface area (Å²) in [6.07, 6.45) is 0.150. The number of amides is 1. The van der Waals surface area contributed by atoms with Crippen LogP contribution in [0.1, 0.15) is 76.0 Å². The van der Waals surface area contributed by atoms with Crippen molar-refractivity contribution in [3.63, 3.8) is 0 Å². The number of benzene rings is 1. The Morgan fingerprint density at radius 3 is 2.28 bits per heavy atom. The van der Waals surface area contributed by atoms with Crippen molar-refractivity contribution in [1.82, 2.24) is 0 Å². The third-order valence-electron chi connectivity index (χ3n) is 8.97. The van der Waals surface area contributed by atoms with E-state index in [1.165, 1.54) is 0 Å². The van der Waals surface area contributed by atoms with E-state index < -0.39 is 81.8 Å². The maximum absolute atomic E-state index is 14.0. The minimum absolute atomic E-state index is 0.00567. The summed E-state index contributed by atoms with van der Waals surface area (Å²) in [7, 11) is 0. The van der Waals surface area contributed by atoms with Crippen LogP contribution < -0.4 is 5.73 Å². The van der Waals surface area contributed by atoms with E-state index in [0.29, 0.717) is 24.0 Å². The van der Waals surface area contributed by atoms with E-state index >= 15 is 0 Å². The van der Waals surface area contributed by atoms with Gasteiger partial charge in [-0.2, -0.15) is 0 Å². The van der Waals surface area contributed by atoms with Gasteiger partial charge in [0.25, 0.3) is 5.91 Å². The molecule has 2 fully saturated rings. The van der Waals surface area contributed by atoms with Gasteiger partial charge in [-0.15, -0.1) is 0 Å². The van der Waals surface area contributed by atoms with Crippen LogP contribution in [0.25, 0.3) is 5.76 Å². The van der Waals surface area contributed by atoms with Gasteiger partial charge in [-0.25, -0.2) is 0 Å². The predicted octanol–water partition coefficient (Wildman–Crippen LogP) is 2.60. The lowest BCUT2D eigenvalue weighted by molar-refractivity contribution is -0.183. The number of esters is 1. The van der Waals surface area contributed by atoms with Crippen molar-refractivity contribution in [2.75, 3.05) is 0 Å². The average molecular weight is 540 g/mol. The van der Waals surface area contributed by atoms with Gasteiger partial charge in [-0.1, -0.05) is 46.2 Å². The van der Waals surface area contributed by atoms with Crippen molar-refractivity contribution in [1.29, 1.82) is 0 Å². The number of rotatable bonds is 3. The van der Waals surface area contributed by atoms with Crippen LogP contribution in [0.3, 0.4) is 0 Å². The SMILES string of the molecule is C[C@H]1c2ccc(C(C)(C)C)c(O)c2C(O)=C2C(=O)[C@]3(O)C(O)=C(C(N)=O)C(=O)C[C@@H]3[C@@H](OC(=O)C3CCC3)[C@@H]21. The molecule has 10 heteroatoms. The maximum atomic E-state index is 14.0. The number of ether oxygens (including phenoxy) is 1. The van der Waals surface area contributed by atoms with Gasteiger partial charge in [-0.05, 0) is 29.7 Å². The van der Waals surface area contributed by atoms with Gasteiger partial charge in [0.05, 0.1) is 11.5 Å². The van der Waals surface area contributed by atoms with Crippen LogP contribution in [0.15, 0.2) is 29.0 Å². The number of aliphatic hydroxyl groups is 3. The van der Waals surface area contributed by atoms with Crippen LogP contribution >= 0.6 is 0 Å². The van der Waals surface area contributed by atoms with Crippen molar-refractivity contribution >= 4 is 29.2 Å². The molecule has 0 unspecified atom stereocenters. The molecule has 0 aromatic heterocycles. The number of ketones is 2. The second-order valence-corrected chi connectivity index (χ2v) is 12.2. The highest BCUT2D eigenvalue weighted by Crippen LogP contribution is 2.57. The van der Waals surface area contributed by atoms with Crippen molar-refractivity contribution in [3.8, 4) is 5.75 Å². The van der Waals surface area contributed by atoms with E-state index in [9.17, 15) is 39.6 Å². The molecule has 0 saturated heterocycles. The van der Waals surface area contributed by atoms with Gasteiger partial charge in [0, 0.05) is 29.4 Å². The van der Waals surface area contributed by atoms with E-state index in [4.69, 9.17) is 10.5 Å². The smallest absolute Gasteiger partial charge is 0.309 e. The summed E-state index contributed by atoms with van der Waals surface area (Å²) >= 11 is 0. The lowest BCUT2D eigenvalue weighted by Crippen LogP contribution is -2.64. The number of nitrogens with two attached hydrogens (primary N) is 1. The monoisotopic (exact) mass is 539 g/mol. The zero-order chi connectivity index (χ0) is 28.8. The Hall–Kier alpha value is -3.66. The van der Waals surface area contributed by atoms with Gasteiger partial charge >= 0.3 is 5.97 Å². The first kappa shape index (κ1) is 26.9.